The number of amides is 2. The van der Waals surface area contributed by atoms with Crippen LogP contribution in [0, 0.1) is 0 Å². The minimum absolute atomic E-state index is 0.0602. The Morgan fingerprint density at radius 3 is 2.69 bits per heavy atom. The van der Waals surface area contributed by atoms with Gasteiger partial charge in [-0.3, -0.25) is 14.5 Å². The molecule has 3 heterocycles. The van der Waals surface area contributed by atoms with E-state index < -0.39 is 6.04 Å². The third-order valence-corrected chi connectivity index (χ3v) is 6.92. The van der Waals surface area contributed by atoms with Crippen molar-refractivity contribution in [2.75, 3.05) is 13.1 Å². The summed E-state index contributed by atoms with van der Waals surface area (Å²) in [5.74, 6) is 0.657. The third kappa shape index (κ3) is 3.44. The SMILES string of the molecule is C=C1CCC(N2Cc3cc(O[C@H]4CCCC4N4CCCC4)ccc3C2=O)C(=O)N1. The van der Waals surface area contributed by atoms with Gasteiger partial charge in [-0.1, -0.05) is 6.58 Å². The second-order valence-corrected chi connectivity index (χ2v) is 8.80. The van der Waals surface area contributed by atoms with Crippen LogP contribution in [-0.2, 0) is 11.3 Å². The second kappa shape index (κ2) is 7.48. The quantitative estimate of drug-likeness (QED) is 0.852. The molecule has 0 radical (unpaired) electrons. The fourth-order valence-corrected chi connectivity index (χ4v) is 5.41. The Morgan fingerprint density at radius 2 is 1.90 bits per heavy atom. The minimum atomic E-state index is -0.417. The fraction of sp³-hybridized carbons (Fsp3) is 0.565. The van der Waals surface area contributed by atoms with Gasteiger partial charge in [0.15, 0.2) is 0 Å². The molecule has 1 aromatic carbocycles. The Bertz CT molecular complexity index is 846. The highest BCUT2D eigenvalue weighted by atomic mass is 16.5. The number of ether oxygens (including phenoxy) is 1. The number of hydrogen-bond donors (Lipinski definition) is 1. The summed E-state index contributed by atoms with van der Waals surface area (Å²) >= 11 is 0. The van der Waals surface area contributed by atoms with E-state index >= 15 is 0 Å². The van der Waals surface area contributed by atoms with E-state index in [2.05, 4.69) is 16.8 Å². The largest absolute Gasteiger partial charge is 0.489 e. The van der Waals surface area contributed by atoms with Crippen molar-refractivity contribution in [1.82, 2.24) is 15.1 Å². The molecule has 3 atom stereocenters. The molecule has 2 saturated heterocycles. The zero-order valence-electron chi connectivity index (χ0n) is 16.9. The molecule has 1 aliphatic carbocycles. The number of rotatable bonds is 4. The van der Waals surface area contributed by atoms with Crippen LogP contribution < -0.4 is 10.1 Å². The van der Waals surface area contributed by atoms with Crippen molar-refractivity contribution in [3.63, 3.8) is 0 Å². The van der Waals surface area contributed by atoms with Crippen LogP contribution in [0.1, 0.15) is 60.9 Å². The minimum Gasteiger partial charge on any atom is -0.489 e. The van der Waals surface area contributed by atoms with E-state index in [0.29, 0.717) is 31.0 Å². The van der Waals surface area contributed by atoms with E-state index in [4.69, 9.17) is 4.74 Å². The normalized spacial score (nSPS) is 30.0. The zero-order valence-corrected chi connectivity index (χ0v) is 16.9. The topological polar surface area (TPSA) is 61.9 Å². The highest BCUT2D eigenvalue weighted by molar-refractivity contribution is 6.01. The molecule has 3 fully saturated rings. The number of allylic oxidation sites excluding steroid dienone is 1. The van der Waals surface area contributed by atoms with E-state index in [0.717, 1.165) is 23.4 Å². The molecule has 1 N–H and O–H groups in total. The second-order valence-electron chi connectivity index (χ2n) is 8.80. The van der Waals surface area contributed by atoms with Crippen molar-refractivity contribution in [2.45, 2.75) is 69.7 Å². The molecule has 3 aliphatic heterocycles. The van der Waals surface area contributed by atoms with Gasteiger partial charge in [0.05, 0.1) is 0 Å². The number of nitrogens with one attached hydrogen (secondary N) is 1. The first-order valence-corrected chi connectivity index (χ1v) is 10.9. The lowest BCUT2D eigenvalue weighted by Gasteiger charge is -2.30. The van der Waals surface area contributed by atoms with E-state index in [-0.39, 0.29) is 17.9 Å². The summed E-state index contributed by atoms with van der Waals surface area (Å²) in [4.78, 5) is 29.5. The van der Waals surface area contributed by atoms with Crippen LogP contribution in [0.4, 0.5) is 0 Å². The van der Waals surface area contributed by atoms with Crippen molar-refractivity contribution in [3.05, 3.63) is 41.6 Å². The number of piperidine rings is 1. The van der Waals surface area contributed by atoms with Gasteiger partial charge < -0.3 is 15.0 Å². The lowest BCUT2D eigenvalue weighted by Crippen LogP contribution is -2.49. The van der Waals surface area contributed by atoms with Gasteiger partial charge in [0.2, 0.25) is 5.91 Å². The number of hydrogen-bond acceptors (Lipinski definition) is 4. The highest BCUT2D eigenvalue weighted by Gasteiger charge is 2.39. The van der Waals surface area contributed by atoms with Gasteiger partial charge in [-0.05, 0) is 81.8 Å². The molecular weight excluding hydrogens is 366 g/mol. The first-order valence-electron chi connectivity index (χ1n) is 10.9. The van der Waals surface area contributed by atoms with E-state index in [1.807, 2.05) is 18.2 Å². The molecule has 29 heavy (non-hydrogen) atoms. The van der Waals surface area contributed by atoms with Crippen LogP contribution in [0.15, 0.2) is 30.5 Å². The molecule has 0 spiro atoms. The van der Waals surface area contributed by atoms with Gasteiger partial charge >= 0.3 is 0 Å². The van der Waals surface area contributed by atoms with Gasteiger partial charge in [0, 0.05) is 23.8 Å². The molecule has 5 rings (SSSR count). The number of carbonyl (C=O) groups excluding carboxylic acids is 2. The molecule has 1 saturated carbocycles. The average molecular weight is 396 g/mol. The van der Waals surface area contributed by atoms with Crippen LogP contribution in [-0.4, -0.2) is 52.9 Å². The van der Waals surface area contributed by atoms with Crippen molar-refractivity contribution in [2.24, 2.45) is 0 Å². The summed E-state index contributed by atoms with van der Waals surface area (Å²) in [5.41, 5.74) is 2.38. The first-order chi connectivity index (χ1) is 14.1. The molecular formula is C23H29N3O3. The number of carbonyl (C=O) groups is 2. The Hall–Kier alpha value is -2.34. The lowest BCUT2D eigenvalue weighted by molar-refractivity contribution is -0.126. The molecule has 154 valence electrons. The molecule has 0 bridgehead atoms. The summed E-state index contributed by atoms with van der Waals surface area (Å²) in [6.07, 6.45) is 7.68. The van der Waals surface area contributed by atoms with Gasteiger partial charge in [-0.15, -0.1) is 0 Å². The third-order valence-electron chi connectivity index (χ3n) is 6.92. The Kier molecular flexibility index (Phi) is 4.82. The zero-order chi connectivity index (χ0) is 20.0. The maximum absolute atomic E-state index is 12.9. The van der Waals surface area contributed by atoms with Gasteiger partial charge in [0.1, 0.15) is 17.9 Å². The summed E-state index contributed by atoms with van der Waals surface area (Å²) in [5, 5.41) is 2.79. The maximum Gasteiger partial charge on any atom is 0.255 e. The Labute approximate surface area is 171 Å². The molecule has 6 nitrogen and oxygen atoms in total. The number of nitrogens with zero attached hydrogens (tertiary/aromatic N) is 2. The van der Waals surface area contributed by atoms with Crippen LogP contribution in [0.3, 0.4) is 0 Å². The van der Waals surface area contributed by atoms with E-state index in [1.165, 1.54) is 38.8 Å². The Morgan fingerprint density at radius 1 is 1.07 bits per heavy atom. The summed E-state index contributed by atoms with van der Waals surface area (Å²) in [7, 11) is 0. The molecule has 1 aromatic rings. The van der Waals surface area contributed by atoms with Crippen LogP contribution >= 0.6 is 0 Å². The van der Waals surface area contributed by atoms with Crippen LogP contribution in [0.5, 0.6) is 5.75 Å². The standard InChI is InChI=1S/C23H29N3O3/c1-15-7-10-20(22(27)24-15)26-14-16-13-17(8-9-18(16)23(26)28)29-21-6-4-5-19(21)25-11-2-3-12-25/h8-9,13,19-21H,1-7,10-12,14H2,(H,24,27)/t19?,20?,21-/m0/s1. The van der Waals surface area contributed by atoms with Crippen molar-refractivity contribution >= 4 is 11.8 Å². The average Bonchev–Trinajstić information content (AvgIpc) is 3.43. The molecule has 2 unspecified atom stereocenters. The summed E-state index contributed by atoms with van der Waals surface area (Å²) in [6.45, 7) is 6.67. The predicted molar refractivity (Wildman–Crippen MR) is 109 cm³/mol. The number of benzene rings is 1. The van der Waals surface area contributed by atoms with Crippen LogP contribution in [0.25, 0.3) is 0 Å². The molecule has 6 heteroatoms. The lowest BCUT2D eigenvalue weighted by atomic mass is 10.0. The number of likely N-dealkylation sites (tertiary alicyclic amines) is 1. The maximum atomic E-state index is 12.9. The predicted octanol–water partition coefficient (Wildman–Crippen LogP) is 2.83. The van der Waals surface area contributed by atoms with E-state index in [9.17, 15) is 9.59 Å². The molecule has 2 amide bonds. The molecule has 4 aliphatic rings. The van der Waals surface area contributed by atoms with Gasteiger partial charge in [0.25, 0.3) is 5.91 Å². The smallest absolute Gasteiger partial charge is 0.255 e. The number of fused-ring (bicyclic) bond motifs is 1. The van der Waals surface area contributed by atoms with Gasteiger partial charge in [-0.2, -0.15) is 0 Å². The monoisotopic (exact) mass is 395 g/mol. The molecule has 0 aromatic heterocycles. The highest BCUT2D eigenvalue weighted by Crippen LogP contribution is 2.34. The summed E-state index contributed by atoms with van der Waals surface area (Å²) in [6, 6.07) is 5.89. The van der Waals surface area contributed by atoms with Crippen LogP contribution in [0.2, 0.25) is 0 Å². The summed E-state index contributed by atoms with van der Waals surface area (Å²) < 4.78 is 6.41. The van der Waals surface area contributed by atoms with Crippen molar-refractivity contribution in [1.29, 1.82) is 0 Å². The van der Waals surface area contributed by atoms with Crippen molar-refractivity contribution < 1.29 is 14.3 Å². The van der Waals surface area contributed by atoms with E-state index in [1.54, 1.807) is 4.90 Å². The first kappa shape index (κ1) is 18.7. The van der Waals surface area contributed by atoms with Crippen molar-refractivity contribution in [3.8, 4) is 5.75 Å². The van der Waals surface area contributed by atoms with Gasteiger partial charge in [-0.25, -0.2) is 0 Å². The fourth-order valence-electron chi connectivity index (χ4n) is 5.41. The Balaban J connectivity index is 1.30.